The van der Waals surface area contributed by atoms with Crippen LogP contribution in [0.15, 0.2) is 18.2 Å². The molecule has 3 nitrogen and oxygen atoms in total. The third-order valence-corrected chi connectivity index (χ3v) is 9.56. The van der Waals surface area contributed by atoms with Crippen LogP contribution in [0, 0.1) is 157 Å². The largest absolute Gasteiger partial charge is 0.451 e. The number of benzene rings is 7. The summed E-state index contributed by atoms with van der Waals surface area (Å²) in [6, 6.07) is -0.481. The van der Waals surface area contributed by atoms with Crippen molar-refractivity contribution in [2.24, 2.45) is 0 Å². The normalized spacial score (nSPS) is 11.5. The summed E-state index contributed by atoms with van der Waals surface area (Å²) in [6.45, 7) is 0. The molecule has 0 spiro atoms. The predicted molar refractivity (Wildman–Crippen MR) is 181 cm³/mol. The molecular weight excluding hydrogens is 1070 g/mol. The van der Waals surface area contributed by atoms with Crippen LogP contribution in [0.2, 0.25) is 0 Å². The van der Waals surface area contributed by atoms with Crippen molar-refractivity contribution in [2.75, 3.05) is 0 Å². The maximum Gasteiger partial charge on any atom is 0.205 e. The first-order valence-corrected chi connectivity index (χ1v) is 17.8. The smallest absolute Gasteiger partial charge is 0.205 e. The van der Waals surface area contributed by atoms with Crippen molar-refractivity contribution < 1.29 is 133 Å². The van der Waals surface area contributed by atoms with Crippen molar-refractivity contribution in [1.82, 2.24) is 0 Å². The van der Waals surface area contributed by atoms with Gasteiger partial charge in [0.05, 0.1) is 33.4 Å². The summed E-state index contributed by atoms with van der Waals surface area (Å²) in [4.78, 5) is 0. The summed E-state index contributed by atoms with van der Waals surface area (Å²) in [7, 11) is 0. The molecule has 0 heterocycles. The van der Waals surface area contributed by atoms with E-state index in [2.05, 4.69) is 14.2 Å². The van der Waals surface area contributed by atoms with Crippen molar-refractivity contribution in [3.8, 4) is 67.9 Å². The number of hydrogen-bond acceptors (Lipinski definition) is 3. The lowest BCUT2D eigenvalue weighted by atomic mass is 10.0. The second-order valence-electron chi connectivity index (χ2n) is 13.7. The van der Waals surface area contributed by atoms with E-state index in [9.17, 15) is 65.9 Å². The molecule has 0 aliphatic heterocycles. The van der Waals surface area contributed by atoms with Crippen molar-refractivity contribution in [1.29, 1.82) is 0 Å². The lowest BCUT2D eigenvalue weighted by molar-refractivity contribution is 0.347. The Bertz CT molecular complexity index is 2990. The summed E-state index contributed by atoms with van der Waals surface area (Å²) in [5.74, 6) is -95.0. The Morgan fingerprint density at radius 2 is 0.264 bits per heavy atom. The van der Waals surface area contributed by atoms with Crippen LogP contribution in [0.1, 0.15) is 0 Å². The fraction of sp³-hybridized carbons (Fsp3) is 0. The zero-order valence-corrected chi connectivity index (χ0v) is 32.7. The van der Waals surface area contributed by atoms with Gasteiger partial charge in [-0.05, 0) is 0 Å². The maximum atomic E-state index is 15.4. The Labute approximate surface area is 376 Å². The van der Waals surface area contributed by atoms with Gasteiger partial charge in [0, 0.05) is 18.2 Å². The average molecular weight is 1070 g/mol. The molecule has 0 aliphatic rings. The van der Waals surface area contributed by atoms with E-state index in [1.165, 1.54) is 0 Å². The second-order valence-corrected chi connectivity index (χ2v) is 13.7. The van der Waals surface area contributed by atoms with Crippen LogP contribution in [-0.4, -0.2) is 0 Å². The maximum absolute atomic E-state index is 15.4. The van der Waals surface area contributed by atoms with Crippen LogP contribution in [0.4, 0.5) is 119 Å². The third-order valence-electron chi connectivity index (χ3n) is 9.56. The van der Waals surface area contributed by atoms with Crippen LogP contribution in [0.25, 0.3) is 33.4 Å². The van der Waals surface area contributed by atoms with Crippen LogP contribution in [0.3, 0.4) is 0 Å². The Kier molecular flexibility index (Phi) is 13.2. The molecule has 378 valence electrons. The van der Waals surface area contributed by atoms with Gasteiger partial charge >= 0.3 is 0 Å². The first-order valence-electron chi connectivity index (χ1n) is 17.8. The highest BCUT2D eigenvalue weighted by Gasteiger charge is 2.39. The number of halogens is 27. The molecule has 30 heteroatoms. The van der Waals surface area contributed by atoms with Crippen LogP contribution >= 0.6 is 0 Å². The van der Waals surface area contributed by atoms with E-state index in [0.29, 0.717) is 0 Å². The van der Waals surface area contributed by atoms with Gasteiger partial charge in [0.1, 0.15) is 17.2 Å². The summed E-state index contributed by atoms with van der Waals surface area (Å²) < 4.78 is 409. The van der Waals surface area contributed by atoms with E-state index in [0.717, 1.165) is 0 Å². The summed E-state index contributed by atoms with van der Waals surface area (Å²) in [6.07, 6.45) is 0. The predicted octanol–water partition coefficient (Wildman–Crippen LogP) is 15.8. The molecule has 0 aliphatic carbocycles. The standard InChI is InChI=1S/C42H3F27O3/c43-13-7(14(44)26(56)31(61)25(13)55)10-19(49)34(64)40(35(65)20(10)50)70-4-1-5(71-41-36(66)21(51)11(22(52)37(41)67)8-15(45)27(57)32(62)28(58)16(8)46)3-6(2-4)72-42-38(68)23(53)12(24(54)39(42)69)9-17(47)29(59)33(63)30(60)18(9)48/h1-3H. The fourth-order valence-electron chi connectivity index (χ4n) is 6.31. The van der Waals surface area contributed by atoms with Gasteiger partial charge in [-0.15, -0.1) is 0 Å². The van der Waals surface area contributed by atoms with Crippen molar-refractivity contribution in [2.45, 2.75) is 0 Å². The molecule has 7 aromatic carbocycles. The van der Waals surface area contributed by atoms with Crippen LogP contribution < -0.4 is 14.2 Å². The van der Waals surface area contributed by atoms with Crippen LogP contribution in [0.5, 0.6) is 34.5 Å². The summed E-state index contributed by atoms with van der Waals surface area (Å²) >= 11 is 0. The van der Waals surface area contributed by atoms with Gasteiger partial charge in [-0.25, -0.2) is 92.2 Å². The third kappa shape index (κ3) is 7.81. The molecule has 0 aromatic heterocycles. The highest BCUT2D eigenvalue weighted by atomic mass is 19.2. The molecule has 72 heavy (non-hydrogen) atoms. The zero-order valence-electron chi connectivity index (χ0n) is 32.7. The van der Waals surface area contributed by atoms with Gasteiger partial charge in [-0.2, -0.15) is 26.3 Å². The van der Waals surface area contributed by atoms with Gasteiger partial charge in [0.2, 0.25) is 69.6 Å². The summed E-state index contributed by atoms with van der Waals surface area (Å²) in [5, 5.41) is 0. The van der Waals surface area contributed by atoms with Crippen LogP contribution in [-0.2, 0) is 0 Å². The molecule has 7 rings (SSSR count). The van der Waals surface area contributed by atoms with Gasteiger partial charge in [0.25, 0.3) is 0 Å². The zero-order chi connectivity index (χ0) is 53.8. The number of rotatable bonds is 9. The van der Waals surface area contributed by atoms with E-state index in [1.807, 2.05) is 0 Å². The van der Waals surface area contributed by atoms with Gasteiger partial charge in [-0.1, -0.05) is 0 Å². The number of hydrogen-bond donors (Lipinski definition) is 0. The Morgan fingerprint density at radius 3 is 0.403 bits per heavy atom. The minimum absolute atomic E-state index is 0.160. The van der Waals surface area contributed by atoms with Crippen molar-refractivity contribution >= 4 is 0 Å². The lowest BCUT2D eigenvalue weighted by Crippen LogP contribution is -2.10. The van der Waals surface area contributed by atoms with E-state index >= 15 is 52.7 Å². The van der Waals surface area contributed by atoms with Crippen molar-refractivity contribution in [3.05, 3.63) is 175 Å². The highest BCUT2D eigenvalue weighted by molar-refractivity contribution is 5.71. The first kappa shape index (κ1) is 51.9. The molecule has 0 N–H and O–H groups in total. The topological polar surface area (TPSA) is 27.7 Å². The molecule has 0 saturated heterocycles. The highest BCUT2D eigenvalue weighted by Crippen LogP contribution is 2.47. The second kappa shape index (κ2) is 18.3. The van der Waals surface area contributed by atoms with E-state index < -0.39 is 225 Å². The lowest BCUT2D eigenvalue weighted by Gasteiger charge is -2.18. The molecule has 0 saturated carbocycles. The Morgan fingerprint density at radius 1 is 0.153 bits per heavy atom. The van der Waals surface area contributed by atoms with Gasteiger partial charge in [-0.3, -0.25) is 0 Å². The molecule has 0 unspecified atom stereocenters. The summed E-state index contributed by atoms with van der Waals surface area (Å²) in [5.41, 5.74) is -16.1. The minimum Gasteiger partial charge on any atom is -0.451 e. The number of ether oxygens (including phenoxy) is 3. The van der Waals surface area contributed by atoms with Gasteiger partial charge < -0.3 is 14.2 Å². The van der Waals surface area contributed by atoms with E-state index in [-0.39, 0.29) is 18.2 Å². The Hall–Kier alpha value is -7.95. The fourth-order valence-corrected chi connectivity index (χ4v) is 6.31. The molecule has 0 bridgehead atoms. The molecule has 0 fully saturated rings. The minimum atomic E-state index is -3.09. The molecule has 0 amide bonds. The van der Waals surface area contributed by atoms with Crippen molar-refractivity contribution in [3.63, 3.8) is 0 Å². The molecule has 0 atom stereocenters. The first-order chi connectivity index (χ1) is 33.5. The SMILES string of the molecule is Fc1c(F)c(F)c(-c2c(F)c(F)c(Oc3cc(Oc4c(F)c(F)c(-c5c(F)c(F)c(F)c(F)c5F)c(F)c4F)cc(Oc4c(F)c(F)c(-c5c(F)c(F)c(F)c(F)c5F)c(F)c4F)c3)c(F)c2F)c(F)c1F. The quantitative estimate of drug-likeness (QED) is 0.0819. The Balaban J connectivity index is 1.43. The molecular formula is C42H3F27O3. The molecule has 0 radical (unpaired) electrons. The van der Waals surface area contributed by atoms with Gasteiger partial charge in [0.15, 0.2) is 105 Å². The monoisotopic (exact) mass is 1070 g/mol. The van der Waals surface area contributed by atoms with E-state index in [1.54, 1.807) is 0 Å². The van der Waals surface area contributed by atoms with E-state index in [4.69, 9.17) is 0 Å². The average Bonchev–Trinajstić information content (AvgIpc) is 3.35. The molecule has 7 aromatic rings.